The van der Waals surface area contributed by atoms with E-state index in [0.717, 1.165) is 6.54 Å². The van der Waals surface area contributed by atoms with Crippen LogP contribution in [0.5, 0.6) is 0 Å². The van der Waals surface area contributed by atoms with Gasteiger partial charge in [-0.1, -0.05) is 32.6 Å². The molecule has 0 heterocycles. The van der Waals surface area contributed by atoms with Crippen LogP contribution in [0.3, 0.4) is 0 Å². The molecule has 6 heteroatoms. The second kappa shape index (κ2) is 17.9. The number of nitrogens with zero attached hydrogens (tertiary/aromatic N) is 2. The monoisotopic (exact) mass is 258 g/mol. The molecule has 106 valence electrons. The Morgan fingerprint density at radius 2 is 1.61 bits per heavy atom. The number of hydrogen-bond donors (Lipinski definition) is 2. The minimum absolute atomic E-state index is 0.250. The Hall–Kier alpha value is -1.46. The first-order chi connectivity index (χ1) is 8.76. The maximum atomic E-state index is 8.58. The van der Waals surface area contributed by atoms with E-state index in [9.17, 15) is 0 Å². The van der Waals surface area contributed by atoms with Crippen molar-refractivity contribution in [2.45, 2.75) is 57.9 Å². The molecular weight excluding hydrogens is 232 g/mol. The summed E-state index contributed by atoms with van der Waals surface area (Å²) in [5.74, 6) is 0. The third kappa shape index (κ3) is 17.0. The predicted molar refractivity (Wildman–Crippen MR) is 72.0 cm³/mol. The summed E-state index contributed by atoms with van der Waals surface area (Å²) in [6.45, 7) is 3.13. The highest BCUT2D eigenvalue weighted by molar-refractivity contribution is 5.42. The molecule has 2 amide bonds. The molecule has 1 rings (SSSR count). The van der Waals surface area contributed by atoms with Crippen molar-refractivity contribution in [2.24, 2.45) is 21.7 Å². The van der Waals surface area contributed by atoms with Gasteiger partial charge in [0.25, 0.3) is 0 Å². The SMILES string of the molecule is CCCCN=NC1CCCCC1.NC=O.NC=O. The quantitative estimate of drug-likeness (QED) is 0.455. The first-order valence-corrected chi connectivity index (χ1v) is 6.44. The van der Waals surface area contributed by atoms with Gasteiger partial charge in [0.05, 0.1) is 12.6 Å². The summed E-state index contributed by atoms with van der Waals surface area (Å²) in [5.41, 5.74) is 8.33. The van der Waals surface area contributed by atoms with Crippen LogP contribution in [0.4, 0.5) is 0 Å². The van der Waals surface area contributed by atoms with Crippen molar-refractivity contribution in [1.82, 2.24) is 0 Å². The minimum atomic E-state index is 0.250. The van der Waals surface area contributed by atoms with Gasteiger partial charge in [-0.2, -0.15) is 10.2 Å². The van der Waals surface area contributed by atoms with Gasteiger partial charge in [0.15, 0.2) is 0 Å². The van der Waals surface area contributed by atoms with Crippen molar-refractivity contribution in [2.75, 3.05) is 6.54 Å². The van der Waals surface area contributed by atoms with Crippen LogP contribution in [0.25, 0.3) is 0 Å². The second-order valence-corrected chi connectivity index (χ2v) is 3.90. The van der Waals surface area contributed by atoms with Crippen LogP contribution in [0.2, 0.25) is 0 Å². The fourth-order valence-corrected chi connectivity index (χ4v) is 1.60. The number of amides is 2. The molecule has 6 nitrogen and oxygen atoms in total. The highest BCUT2D eigenvalue weighted by Gasteiger charge is 2.11. The molecule has 0 aromatic rings. The van der Waals surface area contributed by atoms with Crippen LogP contribution in [-0.2, 0) is 9.59 Å². The van der Waals surface area contributed by atoms with Crippen LogP contribution in [-0.4, -0.2) is 25.4 Å². The van der Waals surface area contributed by atoms with Gasteiger partial charge in [0.1, 0.15) is 0 Å². The molecule has 0 atom stereocenters. The summed E-state index contributed by atoms with van der Waals surface area (Å²) in [6.07, 6.45) is 9.58. The lowest BCUT2D eigenvalue weighted by molar-refractivity contribution is -0.107. The number of nitrogens with two attached hydrogens (primary N) is 2. The van der Waals surface area contributed by atoms with E-state index in [0.29, 0.717) is 6.04 Å². The average molecular weight is 258 g/mol. The molecule has 1 aliphatic rings. The van der Waals surface area contributed by atoms with E-state index < -0.39 is 0 Å². The Balaban J connectivity index is 0. The molecule has 0 radical (unpaired) electrons. The summed E-state index contributed by atoms with van der Waals surface area (Å²) in [7, 11) is 0. The fraction of sp³-hybridized carbons (Fsp3) is 0.833. The Morgan fingerprint density at radius 1 is 1.11 bits per heavy atom. The smallest absolute Gasteiger partial charge is 0.204 e. The van der Waals surface area contributed by atoms with Gasteiger partial charge >= 0.3 is 0 Å². The maximum Gasteiger partial charge on any atom is 0.204 e. The molecule has 0 aromatic carbocycles. The van der Waals surface area contributed by atoms with E-state index in [1.54, 1.807) is 0 Å². The highest BCUT2D eigenvalue weighted by Crippen LogP contribution is 2.20. The van der Waals surface area contributed by atoms with Crippen LogP contribution < -0.4 is 11.5 Å². The second-order valence-electron chi connectivity index (χ2n) is 3.90. The first-order valence-electron chi connectivity index (χ1n) is 6.44. The molecule has 18 heavy (non-hydrogen) atoms. The summed E-state index contributed by atoms with van der Waals surface area (Å²) >= 11 is 0. The molecule has 0 saturated heterocycles. The number of rotatable bonds is 4. The topological polar surface area (TPSA) is 111 Å². The molecule has 0 aromatic heterocycles. The molecule has 1 aliphatic carbocycles. The number of carbonyl (C=O) groups excluding carboxylic acids is 2. The normalized spacial score (nSPS) is 14.9. The van der Waals surface area contributed by atoms with Crippen molar-refractivity contribution in [3.63, 3.8) is 0 Å². The third-order valence-electron chi connectivity index (χ3n) is 2.43. The van der Waals surface area contributed by atoms with Crippen molar-refractivity contribution in [1.29, 1.82) is 0 Å². The number of carbonyl (C=O) groups is 2. The van der Waals surface area contributed by atoms with E-state index in [4.69, 9.17) is 9.59 Å². The summed E-state index contributed by atoms with van der Waals surface area (Å²) < 4.78 is 0. The Bertz CT molecular complexity index is 198. The van der Waals surface area contributed by atoms with Gasteiger partial charge in [-0.25, -0.2) is 0 Å². The lowest BCUT2D eigenvalue weighted by Crippen LogP contribution is -2.08. The largest absolute Gasteiger partial charge is 0.372 e. The molecule has 0 bridgehead atoms. The van der Waals surface area contributed by atoms with Crippen molar-refractivity contribution < 1.29 is 9.59 Å². The molecule has 0 spiro atoms. The summed E-state index contributed by atoms with van der Waals surface area (Å²) in [4.78, 5) is 17.2. The molecular formula is C12H26N4O2. The zero-order chi connectivity index (χ0) is 14.1. The van der Waals surface area contributed by atoms with Gasteiger partial charge < -0.3 is 11.5 Å². The van der Waals surface area contributed by atoms with Crippen LogP contribution >= 0.6 is 0 Å². The zero-order valence-electron chi connectivity index (χ0n) is 11.3. The van der Waals surface area contributed by atoms with Crippen LogP contribution in [0.1, 0.15) is 51.9 Å². The van der Waals surface area contributed by atoms with Crippen molar-refractivity contribution in [3.8, 4) is 0 Å². The zero-order valence-corrected chi connectivity index (χ0v) is 11.3. The van der Waals surface area contributed by atoms with Gasteiger partial charge in [-0.05, 0) is 19.3 Å². The van der Waals surface area contributed by atoms with E-state index in [1.165, 1.54) is 44.9 Å². The standard InChI is InChI=1S/C10H20N2.2CH3NO/c1-2-3-9-11-12-10-7-5-4-6-8-10;2*2-1-3/h10H,2-9H2,1H3;2*1H,(H2,2,3). The number of unbranched alkanes of at least 4 members (excludes halogenated alkanes) is 1. The van der Waals surface area contributed by atoms with E-state index in [-0.39, 0.29) is 12.8 Å². The molecule has 1 fully saturated rings. The Labute approximate surface area is 109 Å². The third-order valence-corrected chi connectivity index (χ3v) is 2.43. The first kappa shape index (κ1) is 18.9. The number of primary amides is 2. The van der Waals surface area contributed by atoms with Crippen LogP contribution in [0, 0.1) is 0 Å². The van der Waals surface area contributed by atoms with Gasteiger partial charge in [0.2, 0.25) is 12.8 Å². The number of azo groups is 1. The van der Waals surface area contributed by atoms with Crippen LogP contribution in [0.15, 0.2) is 10.2 Å². The summed E-state index contributed by atoms with van der Waals surface area (Å²) in [5, 5.41) is 8.56. The van der Waals surface area contributed by atoms with Crippen molar-refractivity contribution >= 4 is 12.8 Å². The van der Waals surface area contributed by atoms with Gasteiger partial charge in [0, 0.05) is 0 Å². The highest BCUT2D eigenvalue weighted by atomic mass is 16.1. The van der Waals surface area contributed by atoms with Crippen molar-refractivity contribution in [3.05, 3.63) is 0 Å². The lowest BCUT2D eigenvalue weighted by Gasteiger charge is -2.15. The molecule has 0 unspecified atom stereocenters. The molecule has 4 N–H and O–H groups in total. The maximum absolute atomic E-state index is 8.58. The number of hydrogen-bond acceptors (Lipinski definition) is 4. The van der Waals surface area contributed by atoms with E-state index in [1.807, 2.05) is 0 Å². The minimum Gasteiger partial charge on any atom is -0.372 e. The Morgan fingerprint density at radius 3 is 2.06 bits per heavy atom. The molecule has 1 saturated carbocycles. The fourth-order valence-electron chi connectivity index (χ4n) is 1.60. The van der Waals surface area contributed by atoms with E-state index in [2.05, 4.69) is 28.6 Å². The van der Waals surface area contributed by atoms with Gasteiger partial charge in [-0.15, -0.1) is 0 Å². The predicted octanol–water partition coefficient (Wildman–Crippen LogP) is 1.77. The summed E-state index contributed by atoms with van der Waals surface area (Å²) in [6, 6.07) is 0.565. The van der Waals surface area contributed by atoms with Gasteiger partial charge in [-0.3, -0.25) is 9.59 Å². The molecule has 0 aliphatic heterocycles. The van der Waals surface area contributed by atoms with E-state index >= 15 is 0 Å². The Kier molecular flexibility index (Phi) is 18.8. The average Bonchev–Trinajstić information content (AvgIpc) is 2.38. The lowest BCUT2D eigenvalue weighted by atomic mass is 9.96.